The zero-order chi connectivity index (χ0) is 9.30. The van der Waals surface area contributed by atoms with Gasteiger partial charge in [-0.25, -0.2) is 4.79 Å². The topological polar surface area (TPSA) is 72.2 Å². The Morgan fingerprint density at radius 1 is 1.58 bits per heavy atom. The molecule has 1 rings (SSSR count). The van der Waals surface area contributed by atoms with Crippen molar-refractivity contribution in [3.05, 3.63) is 17.5 Å². The van der Waals surface area contributed by atoms with Gasteiger partial charge in [0.25, 0.3) is 5.78 Å². The zero-order valence-corrected chi connectivity index (χ0v) is 6.74. The summed E-state index contributed by atoms with van der Waals surface area (Å²) in [6.45, 7) is 1.74. The van der Waals surface area contributed by atoms with Crippen molar-refractivity contribution in [1.29, 1.82) is 0 Å². The Hall–Kier alpha value is -1.65. The van der Waals surface area contributed by atoms with Gasteiger partial charge < -0.3 is 5.11 Å². The first-order chi connectivity index (χ1) is 5.52. The summed E-state index contributed by atoms with van der Waals surface area (Å²) in [5.74, 6) is -2.45. The molecule has 0 amide bonds. The molecule has 0 aliphatic heterocycles. The van der Waals surface area contributed by atoms with Crippen molar-refractivity contribution in [2.24, 2.45) is 7.05 Å². The van der Waals surface area contributed by atoms with E-state index in [9.17, 15) is 9.59 Å². The summed E-state index contributed by atoms with van der Waals surface area (Å²) in [4.78, 5) is 21.1. The molecule has 12 heavy (non-hydrogen) atoms. The molecule has 1 aromatic rings. The molecule has 1 heterocycles. The molecule has 64 valence electrons. The maximum Gasteiger partial charge on any atom is 0.379 e. The van der Waals surface area contributed by atoms with Crippen LogP contribution in [0.2, 0.25) is 0 Å². The van der Waals surface area contributed by atoms with Crippen molar-refractivity contribution in [2.45, 2.75) is 6.92 Å². The number of aliphatic carboxylic acids is 1. The van der Waals surface area contributed by atoms with Crippen LogP contribution in [0.5, 0.6) is 0 Å². The number of aryl methyl sites for hydroxylation is 2. The van der Waals surface area contributed by atoms with Gasteiger partial charge in [0.15, 0.2) is 0 Å². The highest BCUT2D eigenvalue weighted by molar-refractivity contribution is 6.39. The molecule has 1 N–H and O–H groups in total. The average Bonchev–Trinajstić information content (AvgIpc) is 2.30. The molecule has 5 heteroatoms. The van der Waals surface area contributed by atoms with Crippen LogP contribution in [0.15, 0.2) is 6.07 Å². The van der Waals surface area contributed by atoms with Crippen molar-refractivity contribution < 1.29 is 14.7 Å². The SMILES string of the molecule is Cc1cc(C(=O)C(=O)O)nn1C. The smallest absolute Gasteiger partial charge is 0.379 e. The summed E-state index contributed by atoms with van der Waals surface area (Å²) in [6.07, 6.45) is 0. The normalized spacial score (nSPS) is 9.83. The molecular formula is C7H8N2O3. The summed E-state index contributed by atoms with van der Waals surface area (Å²) in [5, 5.41) is 12.1. The Bertz CT molecular complexity index is 321. The number of rotatable bonds is 2. The summed E-state index contributed by atoms with van der Waals surface area (Å²) >= 11 is 0. The Labute approximate surface area is 68.6 Å². The first-order valence-corrected chi connectivity index (χ1v) is 3.30. The predicted octanol–water partition coefficient (Wildman–Crippen LogP) is -0.00418. The van der Waals surface area contributed by atoms with Crippen molar-refractivity contribution in [1.82, 2.24) is 9.78 Å². The van der Waals surface area contributed by atoms with Gasteiger partial charge in [0, 0.05) is 12.7 Å². The fourth-order valence-electron chi connectivity index (χ4n) is 0.781. The number of hydrogen-bond acceptors (Lipinski definition) is 3. The molecule has 0 aromatic carbocycles. The third-order valence-corrected chi connectivity index (χ3v) is 1.54. The lowest BCUT2D eigenvalue weighted by Crippen LogP contribution is -2.13. The van der Waals surface area contributed by atoms with Crippen LogP contribution in [0.4, 0.5) is 0 Å². The molecule has 0 atom stereocenters. The number of carboxylic acid groups (broad SMARTS) is 1. The van der Waals surface area contributed by atoms with E-state index in [2.05, 4.69) is 5.10 Å². The Morgan fingerprint density at radius 3 is 2.50 bits per heavy atom. The Morgan fingerprint density at radius 2 is 2.17 bits per heavy atom. The van der Waals surface area contributed by atoms with Crippen LogP contribution >= 0.6 is 0 Å². The molecule has 5 nitrogen and oxygen atoms in total. The Balaban J connectivity index is 3.05. The molecule has 1 aromatic heterocycles. The highest BCUT2D eigenvalue weighted by atomic mass is 16.4. The lowest BCUT2D eigenvalue weighted by molar-refractivity contribution is -0.131. The monoisotopic (exact) mass is 168 g/mol. The number of carboxylic acids is 1. The maximum atomic E-state index is 10.8. The quantitative estimate of drug-likeness (QED) is 0.498. The largest absolute Gasteiger partial charge is 0.475 e. The van der Waals surface area contributed by atoms with Crippen LogP contribution < -0.4 is 0 Å². The highest BCUT2D eigenvalue weighted by Crippen LogP contribution is 2.01. The van der Waals surface area contributed by atoms with E-state index in [1.165, 1.54) is 10.7 Å². The van der Waals surface area contributed by atoms with Gasteiger partial charge in [0.05, 0.1) is 0 Å². The zero-order valence-electron chi connectivity index (χ0n) is 6.74. The number of ketones is 1. The van der Waals surface area contributed by atoms with Crippen LogP contribution in [0, 0.1) is 6.92 Å². The van der Waals surface area contributed by atoms with E-state index in [0.717, 1.165) is 5.69 Å². The third-order valence-electron chi connectivity index (χ3n) is 1.54. The van der Waals surface area contributed by atoms with Crippen molar-refractivity contribution in [3.63, 3.8) is 0 Å². The van der Waals surface area contributed by atoms with E-state index in [4.69, 9.17) is 5.11 Å². The van der Waals surface area contributed by atoms with Crippen LogP contribution in [0.25, 0.3) is 0 Å². The van der Waals surface area contributed by atoms with Gasteiger partial charge in [-0.15, -0.1) is 0 Å². The van der Waals surface area contributed by atoms with Gasteiger partial charge in [0.2, 0.25) is 0 Å². The average molecular weight is 168 g/mol. The van der Waals surface area contributed by atoms with Gasteiger partial charge in [-0.2, -0.15) is 5.10 Å². The summed E-state index contributed by atoms with van der Waals surface area (Å²) in [6, 6.07) is 1.44. The van der Waals surface area contributed by atoms with Gasteiger partial charge in [-0.1, -0.05) is 0 Å². The second-order valence-electron chi connectivity index (χ2n) is 2.43. The number of aromatic nitrogens is 2. The molecule has 0 unspecified atom stereocenters. The van der Waals surface area contributed by atoms with Crippen molar-refractivity contribution in [2.75, 3.05) is 0 Å². The van der Waals surface area contributed by atoms with Crippen LogP contribution in [-0.2, 0) is 11.8 Å². The molecular weight excluding hydrogens is 160 g/mol. The lowest BCUT2D eigenvalue weighted by atomic mass is 10.3. The molecule has 0 fully saturated rings. The van der Waals surface area contributed by atoms with E-state index < -0.39 is 11.8 Å². The van der Waals surface area contributed by atoms with Crippen molar-refractivity contribution >= 4 is 11.8 Å². The minimum atomic E-state index is -1.48. The maximum absolute atomic E-state index is 10.8. The van der Waals surface area contributed by atoms with Crippen LogP contribution in [-0.4, -0.2) is 26.6 Å². The number of nitrogens with zero attached hydrogens (tertiary/aromatic N) is 2. The number of carbonyl (C=O) groups is 2. The first-order valence-electron chi connectivity index (χ1n) is 3.30. The number of carbonyl (C=O) groups excluding carboxylic acids is 1. The first kappa shape index (κ1) is 8.45. The standard InChI is InChI=1S/C7H8N2O3/c1-4-3-5(8-9(4)2)6(10)7(11)12/h3H,1-2H3,(H,11,12). The molecule has 0 saturated carbocycles. The van der Waals surface area contributed by atoms with E-state index >= 15 is 0 Å². The van der Waals surface area contributed by atoms with E-state index in [-0.39, 0.29) is 5.69 Å². The van der Waals surface area contributed by atoms with E-state index in [1.807, 2.05) is 0 Å². The lowest BCUT2D eigenvalue weighted by Gasteiger charge is -1.88. The van der Waals surface area contributed by atoms with Gasteiger partial charge in [0.1, 0.15) is 5.69 Å². The molecule has 0 saturated heterocycles. The van der Waals surface area contributed by atoms with Crippen LogP contribution in [0.1, 0.15) is 16.2 Å². The summed E-state index contributed by atoms with van der Waals surface area (Å²) in [5.41, 5.74) is 0.724. The highest BCUT2D eigenvalue weighted by Gasteiger charge is 2.17. The predicted molar refractivity (Wildman–Crippen MR) is 39.9 cm³/mol. The fraction of sp³-hybridized carbons (Fsp3) is 0.286. The second kappa shape index (κ2) is 2.77. The molecule has 0 bridgehead atoms. The van der Waals surface area contributed by atoms with E-state index in [1.54, 1.807) is 14.0 Å². The molecule has 0 aliphatic rings. The number of hydrogen-bond donors (Lipinski definition) is 1. The minimum Gasteiger partial charge on any atom is -0.475 e. The van der Waals surface area contributed by atoms with Crippen molar-refractivity contribution in [3.8, 4) is 0 Å². The fourth-order valence-corrected chi connectivity index (χ4v) is 0.781. The van der Waals surface area contributed by atoms with Crippen LogP contribution in [0.3, 0.4) is 0 Å². The second-order valence-corrected chi connectivity index (χ2v) is 2.43. The molecule has 0 spiro atoms. The third kappa shape index (κ3) is 1.34. The summed E-state index contributed by atoms with van der Waals surface area (Å²) in [7, 11) is 1.65. The summed E-state index contributed by atoms with van der Waals surface area (Å²) < 4.78 is 1.45. The van der Waals surface area contributed by atoms with E-state index in [0.29, 0.717) is 0 Å². The van der Waals surface area contributed by atoms with Gasteiger partial charge in [-0.3, -0.25) is 9.48 Å². The molecule has 0 aliphatic carbocycles. The number of Topliss-reactive ketones (excluding diaryl/α,β-unsaturated/α-hetero) is 1. The minimum absolute atomic E-state index is 0.0255. The van der Waals surface area contributed by atoms with Gasteiger partial charge in [-0.05, 0) is 13.0 Å². The Kier molecular flexibility index (Phi) is 1.95. The van der Waals surface area contributed by atoms with Gasteiger partial charge >= 0.3 is 5.97 Å². The molecule has 0 radical (unpaired) electrons.